The van der Waals surface area contributed by atoms with Gasteiger partial charge in [-0.1, -0.05) is 25.7 Å². The van der Waals surface area contributed by atoms with Crippen molar-refractivity contribution in [3.05, 3.63) is 0 Å². The van der Waals surface area contributed by atoms with Crippen LogP contribution in [0.5, 0.6) is 0 Å². The van der Waals surface area contributed by atoms with Crippen molar-refractivity contribution in [2.24, 2.45) is 5.92 Å². The Morgan fingerprint density at radius 2 is 1.75 bits per heavy atom. The van der Waals surface area contributed by atoms with Gasteiger partial charge in [-0.25, -0.2) is 0 Å². The van der Waals surface area contributed by atoms with Crippen LogP contribution in [0.4, 0.5) is 0 Å². The first kappa shape index (κ1) is 10.3. The van der Waals surface area contributed by atoms with E-state index in [0.29, 0.717) is 0 Å². The van der Waals surface area contributed by atoms with Gasteiger partial charge in [0, 0.05) is 6.04 Å². The van der Waals surface area contributed by atoms with E-state index in [4.69, 9.17) is 0 Å². The Hall–Kier alpha value is 0.250. The third kappa shape index (κ3) is 2.63. The Balaban J connectivity index is 0.000000720. The minimum atomic E-state index is 0. The van der Waals surface area contributed by atoms with Crippen LogP contribution in [0.3, 0.4) is 0 Å². The molecular weight excluding hydrogens is 170 g/mol. The molecule has 2 rings (SSSR count). The fourth-order valence-corrected chi connectivity index (χ4v) is 2.61. The van der Waals surface area contributed by atoms with Gasteiger partial charge in [-0.05, 0) is 31.7 Å². The van der Waals surface area contributed by atoms with E-state index in [9.17, 15) is 0 Å². The zero-order valence-corrected chi connectivity index (χ0v) is 8.54. The van der Waals surface area contributed by atoms with Crippen molar-refractivity contribution in [3.8, 4) is 0 Å². The molecule has 1 unspecified atom stereocenters. The third-order valence-electron chi connectivity index (χ3n) is 3.25. The van der Waals surface area contributed by atoms with Crippen molar-refractivity contribution in [2.45, 2.75) is 51.0 Å². The van der Waals surface area contributed by atoms with Gasteiger partial charge >= 0.3 is 0 Å². The van der Waals surface area contributed by atoms with Crippen LogP contribution >= 0.6 is 12.4 Å². The second-order valence-corrected chi connectivity index (χ2v) is 4.18. The molecule has 1 saturated heterocycles. The maximum Gasteiger partial charge on any atom is 0.00701 e. The largest absolute Gasteiger partial charge is 0.314 e. The van der Waals surface area contributed by atoms with Crippen molar-refractivity contribution < 1.29 is 0 Å². The number of rotatable bonds is 2. The molecule has 1 atom stereocenters. The number of hydrogen-bond donors (Lipinski definition) is 1. The van der Waals surface area contributed by atoms with Gasteiger partial charge in [0.1, 0.15) is 0 Å². The highest BCUT2D eigenvalue weighted by Gasteiger charge is 2.21. The molecule has 0 aromatic rings. The average Bonchev–Trinajstić information content (AvgIpc) is 2.60. The molecule has 1 saturated carbocycles. The van der Waals surface area contributed by atoms with Gasteiger partial charge in [0.15, 0.2) is 0 Å². The molecule has 1 N–H and O–H groups in total. The Kier molecular flexibility index (Phi) is 4.38. The van der Waals surface area contributed by atoms with Crippen molar-refractivity contribution in [2.75, 3.05) is 6.54 Å². The summed E-state index contributed by atoms with van der Waals surface area (Å²) in [7, 11) is 0. The lowest BCUT2D eigenvalue weighted by Crippen LogP contribution is -2.23. The molecule has 2 heteroatoms. The molecule has 0 amide bonds. The van der Waals surface area contributed by atoms with Crippen LogP contribution < -0.4 is 5.32 Å². The topological polar surface area (TPSA) is 12.0 Å². The van der Waals surface area contributed by atoms with E-state index in [-0.39, 0.29) is 12.4 Å². The summed E-state index contributed by atoms with van der Waals surface area (Å²) >= 11 is 0. The Morgan fingerprint density at radius 3 is 2.33 bits per heavy atom. The standard InChI is InChI=1S/C10H19N.ClH/c1-2-5-9(4-1)8-10-6-3-7-11-10;/h9-11H,1-8H2;1H. The highest BCUT2D eigenvalue weighted by molar-refractivity contribution is 5.85. The van der Waals surface area contributed by atoms with Gasteiger partial charge in [-0.3, -0.25) is 0 Å². The normalized spacial score (nSPS) is 30.5. The van der Waals surface area contributed by atoms with Crippen LogP contribution in [0.15, 0.2) is 0 Å². The molecule has 0 bridgehead atoms. The van der Waals surface area contributed by atoms with Crippen LogP contribution in [0.1, 0.15) is 44.9 Å². The van der Waals surface area contributed by atoms with E-state index in [1.165, 1.54) is 51.5 Å². The molecule has 1 aliphatic carbocycles. The van der Waals surface area contributed by atoms with Crippen molar-refractivity contribution in [1.82, 2.24) is 5.32 Å². The first-order valence-electron chi connectivity index (χ1n) is 5.18. The predicted octanol–water partition coefficient (Wildman–Crippen LogP) is 2.74. The second kappa shape index (κ2) is 5.08. The number of halogens is 1. The maximum atomic E-state index is 3.58. The Labute approximate surface area is 81.7 Å². The molecule has 2 aliphatic rings. The van der Waals surface area contributed by atoms with Crippen molar-refractivity contribution in [3.63, 3.8) is 0 Å². The van der Waals surface area contributed by atoms with Gasteiger partial charge in [0.25, 0.3) is 0 Å². The minimum absolute atomic E-state index is 0. The highest BCUT2D eigenvalue weighted by Crippen LogP contribution is 2.30. The highest BCUT2D eigenvalue weighted by atomic mass is 35.5. The van der Waals surface area contributed by atoms with Gasteiger partial charge in [0.2, 0.25) is 0 Å². The molecule has 0 aromatic carbocycles. The summed E-state index contributed by atoms with van der Waals surface area (Å²) in [5.41, 5.74) is 0. The Morgan fingerprint density at radius 1 is 1.00 bits per heavy atom. The molecule has 72 valence electrons. The molecular formula is C10H20ClN. The van der Waals surface area contributed by atoms with Gasteiger partial charge in [-0.15, -0.1) is 12.4 Å². The summed E-state index contributed by atoms with van der Waals surface area (Å²) in [6, 6.07) is 0.887. The zero-order chi connectivity index (χ0) is 7.52. The summed E-state index contributed by atoms with van der Waals surface area (Å²) in [4.78, 5) is 0. The van der Waals surface area contributed by atoms with E-state index >= 15 is 0 Å². The summed E-state index contributed by atoms with van der Waals surface area (Å²) in [6.07, 6.45) is 10.3. The van der Waals surface area contributed by atoms with Crippen LogP contribution in [-0.2, 0) is 0 Å². The first-order chi connectivity index (χ1) is 5.45. The van der Waals surface area contributed by atoms with Gasteiger partial charge in [-0.2, -0.15) is 0 Å². The van der Waals surface area contributed by atoms with Crippen molar-refractivity contribution >= 4 is 12.4 Å². The third-order valence-corrected chi connectivity index (χ3v) is 3.25. The van der Waals surface area contributed by atoms with E-state index in [0.717, 1.165) is 12.0 Å². The minimum Gasteiger partial charge on any atom is -0.314 e. The lowest BCUT2D eigenvalue weighted by atomic mass is 9.98. The quantitative estimate of drug-likeness (QED) is 0.705. The lowest BCUT2D eigenvalue weighted by Gasteiger charge is -2.14. The zero-order valence-electron chi connectivity index (χ0n) is 7.72. The van der Waals surface area contributed by atoms with Crippen LogP contribution in [-0.4, -0.2) is 12.6 Å². The summed E-state index contributed by atoms with van der Waals surface area (Å²) in [5.74, 6) is 1.07. The molecule has 1 aliphatic heterocycles. The second-order valence-electron chi connectivity index (χ2n) is 4.18. The number of nitrogens with one attached hydrogen (secondary N) is 1. The van der Waals surface area contributed by atoms with Gasteiger partial charge < -0.3 is 5.32 Å². The molecule has 0 spiro atoms. The number of hydrogen-bond acceptors (Lipinski definition) is 1. The van der Waals surface area contributed by atoms with E-state index in [2.05, 4.69) is 5.32 Å². The maximum absolute atomic E-state index is 3.58. The lowest BCUT2D eigenvalue weighted by molar-refractivity contribution is 0.419. The predicted molar refractivity (Wildman–Crippen MR) is 54.8 cm³/mol. The van der Waals surface area contributed by atoms with Crippen LogP contribution in [0.2, 0.25) is 0 Å². The van der Waals surface area contributed by atoms with E-state index in [1.807, 2.05) is 0 Å². The van der Waals surface area contributed by atoms with E-state index < -0.39 is 0 Å². The smallest absolute Gasteiger partial charge is 0.00701 e. The average molecular weight is 190 g/mol. The summed E-state index contributed by atoms with van der Waals surface area (Å²) < 4.78 is 0. The first-order valence-corrected chi connectivity index (χ1v) is 5.18. The molecule has 0 aromatic heterocycles. The Bertz CT molecular complexity index is 101. The SMILES string of the molecule is C1CCC(CC2CCCN2)C1.Cl. The summed E-state index contributed by atoms with van der Waals surface area (Å²) in [6.45, 7) is 1.28. The summed E-state index contributed by atoms with van der Waals surface area (Å²) in [5, 5.41) is 3.58. The molecule has 0 radical (unpaired) electrons. The molecule has 1 heterocycles. The van der Waals surface area contributed by atoms with Gasteiger partial charge in [0.05, 0.1) is 0 Å². The monoisotopic (exact) mass is 189 g/mol. The molecule has 2 fully saturated rings. The fourth-order valence-electron chi connectivity index (χ4n) is 2.61. The van der Waals surface area contributed by atoms with Crippen LogP contribution in [0, 0.1) is 5.92 Å². The fraction of sp³-hybridized carbons (Fsp3) is 1.00. The molecule has 1 nitrogen and oxygen atoms in total. The van der Waals surface area contributed by atoms with Crippen molar-refractivity contribution in [1.29, 1.82) is 0 Å². The molecule has 12 heavy (non-hydrogen) atoms. The van der Waals surface area contributed by atoms with E-state index in [1.54, 1.807) is 0 Å². The van der Waals surface area contributed by atoms with Crippen LogP contribution in [0.25, 0.3) is 0 Å².